The molecule has 0 saturated carbocycles. The molecule has 3 nitrogen and oxygen atoms in total. The largest absolute Gasteiger partial charge is 0.419 e. The monoisotopic (exact) mass is 264 g/mol. The highest BCUT2D eigenvalue weighted by molar-refractivity contribution is 5.73. The fourth-order valence-electron chi connectivity index (χ4n) is 1.34. The summed E-state index contributed by atoms with van der Waals surface area (Å²) in [6.45, 7) is 0.366. The van der Waals surface area contributed by atoms with Crippen LogP contribution in [0.1, 0.15) is 17.5 Å². The van der Waals surface area contributed by atoms with Crippen LogP contribution < -0.4 is 11.1 Å². The van der Waals surface area contributed by atoms with E-state index in [2.05, 4.69) is 5.32 Å². The number of benzene rings is 1. The van der Waals surface area contributed by atoms with Crippen LogP contribution in [0.25, 0.3) is 0 Å². The van der Waals surface area contributed by atoms with Crippen LogP contribution in [-0.4, -0.2) is 12.5 Å². The first-order valence-electron chi connectivity index (χ1n) is 5.15. The molecule has 3 N–H and O–H groups in total. The first kappa shape index (κ1) is 14.4. The van der Waals surface area contributed by atoms with E-state index in [0.717, 1.165) is 12.1 Å². The summed E-state index contributed by atoms with van der Waals surface area (Å²) in [7, 11) is 0. The van der Waals surface area contributed by atoms with Gasteiger partial charge in [-0.3, -0.25) is 4.79 Å². The van der Waals surface area contributed by atoms with E-state index in [1.165, 1.54) is 6.07 Å². The third kappa shape index (κ3) is 4.33. The molecule has 7 heteroatoms. The number of amides is 1. The maximum Gasteiger partial charge on any atom is 0.419 e. The molecule has 0 aliphatic heterocycles. The molecule has 100 valence electrons. The molecule has 18 heavy (non-hydrogen) atoms. The van der Waals surface area contributed by atoms with E-state index in [1.807, 2.05) is 0 Å². The van der Waals surface area contributed by atoms with Crippen LogP contribution in [-0.2, 0) is 17.5 Å². The molecule has 0 aromatic heterocycles. The van der Waals surface area contributed by atoms with Gasteiger partial charge in [-0.2, -0.15) is 13.2 Å². The molecule has 0 aliphatic carbocycles. The van der Waals surface area contributed by atoms with Crippen molar-refractivity contribution in [3.63, 3.8) is 0 Å². The van der Waals surface area contributed by atoms with Gasteiger partial charge in [0.1, 0.15) is 5.82 Å². The molecule has 0 fully saturated rings. The Balaban J connectivity index is 2.65. The number of hydrogen-bond donors (Lipinski definition) is 2. The van der Waals surface area contributed by atoms with E-state index >= 15 is 0 Å². The van der Waals surface area contributed by atoms with Crippen LogP contribution in [0.4, 0.5) is 17.6 Å². The third-order valence-electron chi connectivity index (χ3n) is 2.21. The van der Waals surface area contributed by atoms with Crippen molar-refractivity contribution < 1.29 is 22.4 Å². The molecule has 1 rings (SSSR count). The molecule has 0 bridgehead atoms. The lowest BCUT2D eigenvalue weighted by molar-refractivity contribution is -0.140. The summed E-state index contributed by atoms with van der Waals surface area (Å²) >= 11 is 0. The summed E-state index contributed by atoms with van der Waals surface area (Å²) in [5.41, 5.74) is 3.89. The minimum atomic E-state index is -4.71. The number of nitrogens with one attached hydrogen (secondary N) is 1. The Hall–Kier alpha value is -1.63. The van der Waals surface area contributed by atoms with Gasteiger partial charge in [0.2, 0.25) is 5.91 Å². The van der Waals surface area contributed by atoms with Crippen LogP contribution in [0.2, 0.25) is 0 Å². The normalized spacial score (nSPS) is 11.6. The Morgan fingerprint density at radius 2 is 2.00 bits per heavy atom. The molecule has 0 unspecified atom stereocenters. The van der Waals surface area contributed by atoms with Crippen molar-refractivity contribution in [1.82, 2.24) is 5.32 Å². The molecule has 0 radical (unpaired) electrons. The van der Waals surface area contributed by atoms with E-state index in [0.29, 0.717) is 0 Å². The molecule has 0 spiro atoms. The quantitative estimate of drug-likeness (QED) is 0.629. The molecule has 0 saturated heterocycles. The number of nitrogens with two attached hydrogens (primary N) is 1. The Morgan fingerprint density at radius 3 is 2.56 bits per heavy atom. The van der Waals surface area contributed by atoms with Gasteiger partial charge in [-0.05, 0) is 17.7 Å². The fraction of sp³-hybridized carbons (Fsp3) is 0.364. The van der Waals surface area contributed by atoms with Gasteiger partial charge < -0.3 is 11.1 Å². The van der Waals surface area contributed by atoms with E-state index in [4.69, 9.17) is 5.73 Å². The molecular weight excluding hydrogens is 252 g/mol. The van der Waals surface area contributed by atoms with Crippen molar-refractivity contribution >= 4 is 5.91 Å². The molecule has 1 aromatic rings. The van der Waals surface area contributed by atoms with Gasteiger partial charge in [0, 0.05) is 19.5 Å². The van der Waals surface area contributed by atoms with Gasteiger partial charge >= 0.3 is 6.18 Å². The zero-order valence-electron chi connectivity index (χ0n) is 9.35. The summed E-state index contributed by atoms with van der Waals surface area (Å²) in [5, 5.41) is 2.74. The van der Waals surface area contributed by atoms with Crippen LogP contribution in [0.5, 0.6) is 0 Å². The van der Waals surface area contributed by atoms with Crippen LogP contribution in [0, 0.1) is 5.82 Å². The lowest BCUT2D eigenvalue weighted by Gasteiger charge is -2.10. The van der Waals surface area contributed by atoms with Crippen LogP contribution in [0.15, 0.2) is 18.2 Å². The fourth-order valence-corrected chi connectivity index (χ4v) is 1.34. The van der Waals surface area contributed by atoms with Crippen molar-refractivity contribution in [2.75, 3.05) is 6.54 Å². The molecule has 0 atom stereocenters. The first-order chi connectivity index (χ1) is 8.30. The number of hydrogen-bond acceptors (Lipinski definition) is 2. The molecule has 1 aromatic carbocycles. The molecular formula is C11H12F4N2O. The van der Waals surface area contributed by atoms with Crippen LogP contribution in [0.3, 0.4) is 0 Å². The second-order valence-corrected chi connectivity index (χ2v) is 3.71. The number of carbonyl (C=O) groups excluding carboxylic acids is 1. The Kier molecular flexibility index (Phi) is 4.66. The van der Waals surface area contributed by atoms with Gasteiger partial charge in [-0.25, -0.2) is 4.39 Å². The number of halogens is 4. The number of alkyl halides is 3. The van der Waals surface area contributed by atoms with E-state index in [1.54, 1.807) is 0 Å². The predicted molar refractivity (Wildman–Crippen MR) is 56.9 cm³/mol. The van der Waals surface area contributed by atoms with Gasteiger partial charge in [0.25, 0.3) is 0 Å². The maximum atomic E-state index is 13.0. The highest BCUT2D eigenvalue weighted by atomic mass is 19.4. The minimum absolute atomic E-state index is 0.0906. The Labute approximate surface area is 101 Å². The van der Waals surface area contributed by atoms with Crippen LogP contribution >= 0.6 is 0 Å². The van der Waals surface area contributed by atoms with Gasteiger partial charge in [-0.1, -0.05) is 6.07 Å². The molecule has 1 amide bonds. The summed E-state index contributed by atoms with van der Waals surface area (Å²) in [5.74, 6) is -1.80. The molecule has 0 heterocycles. The van der Waals surface area contributed by atoms with E-state index < -0.39 is 23.5 Å². The SMILES string of the molecule is NC(=O)CCNCc1ccc(F)c(C(F)(F)F)c1. The Morgan fingerprint density at radius 1 is 1.33 bits per heavy atom. The third-order valence-corrected chi connectivity index (χ3v) is 2.21. The Bertz CT molecular complexity index is 432. The summed E-state index contributed by atoms with van der Waals surface area (Å²) in [6, 6.07) is 2.77. The lowest BCUT2D eigenvalue weighted by atomic mass is 10.1. The number of primary amides is 1. The van der Waals surface area contributed by atoms with Crippen molar-refractivity contribution in [3.05, 3.63) is 35.1 Å². The lowest BCUT2D eigenvalue weighted by Crippen LogP contribution is -2.21. The maximum absolute atomic E-state index is 13.0. The van der Waals surface area contributed by atoms with E-state index in [-0.39, 0.29) is 25.1 Å². The molecule has 0 aliphatic rings. The topological polar surface area (TPSA) is 55.1 Å². The van der Waals surface area contributed by atoms with Gasteiger partial charge in [-0.15, -0.1) is 0 Å². The van der Waals surface area contributed by atoms with E-state index in [9.17, 15) is 22.4 Å². The summed E-state index contributed by atoms with van der Waals surface area (Å²) in [4.78, 5) is 10.4. The zero-order chi connectivity index (χ0) is 13.8. The average Bonchev–Trinajstić information content (AvgIpc) is 2.24. The van der Waals surface area contributed by atoms with Crippen molar-refractivity contribution in [2.24, 2.45) is 5.73 Å². The van der Waals surface area contributed by atoms with Gasteiger partial charge in [0.15, 0.2) is 0 Å². The highest BCUT2D eigenvalue weighted by Gasteiger charge is 2.34. The standard InChI is InChI=1S/C11H12F4N2O/c12-9-2-1-7(5-8(9)11(13,14)15)6-17-4-3-10(16)18/h1-2,5,17H,3-4,6H2,(H2,16,18). The number of carbonyl (C=O) groups is 1. The number of rotatable bonds is 5. The summed E-state index contributed by atoms with van der Waals surface area (Å²) < 4.78 is 50.2. The van der Waals surface area contributed by atoms with Crippen molar-refractivity contribution in [2.45, 2.75) is 19.1 Å². The van der Waals surface area contributed by atoms with Crippen molar-refractivity contribution in [1.29, 1.82) is 0 Å². The second kappa shape index (κ2) is 5.81. The first-order valence-corrected chi connectivity index (χ1v) is 5.15. The minimum Gasteiger partial charge on any atom is -0.370 e. The highest BCUT2D eigenvalue weighted by Crippen LogP contribution is 2.31. The predicted octanol–water partition coefficient (Wildman–Crippen LogP) is 1.81. The summed E-state index contributed by atoms with van der Waals surface area (Å²) in [6.07, 6.45) is -4.62. The van der Waals surface area contributed by atoms with Crippen molar-refractivity contribution in [3.8, 4) is 0 Å². The average molecular weight is 264 g/mol. The second-order valence-electron chi connectivity index (χ2n) is 3.71. The smallest absolute Gasteiger partial charge is 0.370 e. The zero-order valence-corrected chi connectivity index (χ0v) is 9.35. The van der Waals surface area contributed by atoms with Gasteiger partial charge in [0.05, 0.1) is 5.56 Å².